The molecule has 0 N–H and O–H groups in total. The Morgan fingerprint density at radius 1 is 1.06 bits per heavy atom. The molecular formula is C16H19N. The molecule has 0 aliphatic rings. The van der Waals surface area contributed by atoms with Gasteiger partial charge in [-0.1, -0.05) is 48.1 Å². The van der Waals surface area contributed by atoms with Gasteiger partial charge in [0.05, 0.1) is 5.69 Å². The summed E-state index contributed by atoms with van der Waals surface area (Å²) in [6.45, 7) is 6.17. The van der Waals surface area contributed by atoms with Crippen molar-refractivity contribution in [3.63, 3.8) is 0 Å². The molecule has 1 aromatic rings. The summed E-state index contributed by atoms with van der Waals surface area (Å²) >= 11 is 0. The van der Waals surface area contributed by atoms with E-state index in [-0.39, 0.29) is 0 Å². The summed E-state index contributed by atoms with van der Waals surface area (Å²) in [6, 6.07) is 8.14. The predicted octanol–water partition coefficient (Wildman–Crippen LogP) is 4.94. The van der Waals surface area contributed by atoms with Crippen LogP contribution >= 0.6 is 0 Å². The SMILES string of the molecule is C\C=C/C=C\C=N\c1ccccc1C=C(C)C. The van der Waals surface area contributed by atoms with Crippen LogP contribution in [0.15, 0.2) is 59.1 Å². The molecule has 0 unspecified atom stereocenters. The van der Waals surface area contributed by atoms with E-state index in [0.717, 1.165) is 11.3 Å². The van der Waals surface area contributed by atoms with Gasteiger partial charge in [0.25, 0.3) is 0 Å². The van der Waals surface area contributed by atoms with Gasteiger partial charge in [0, 0.05) is 11.8 Å². The maximum atomic E-state index is 4.44. The van der Waals surface area contributed by atoms with Gasteiger partial charge in [0.15, 0.2) is 0 Å². The highest BCUT2D eigenvalue weighted by atomic mass is 14.7. The minimum atomic E-state index is 0.999. The zero-order valence-electron chi connectivity index (χ0n) is 10.7. The van der Waals surface area contributed by atoms with E-state index in [1.54, 1.807) is 0 Å². The highest BCUT2D eigenvalue weighted by Gasteiger charge is 1.94. The summed E-state index contributed by atoms with van der Waals surface area (Å²) in [7, 11) is 0. The van der Waals surface area contributed by atoms with E-state index >= 15 is 0 Å². The van der Waals surface area contributed by atoms with Crippen LogP contribution in [0, 0.1) is 0 Å². The number of allylic oxidation sites excluding steroid dienone is 5. The lowest BCUT2D eigenvalue weighted by Crippen LogP contribution is -1.76. The third-order valence-corrected chi connectivity index (χ3v) is 2.10. The number of aliphatic imine (C=N–C) groups is 1. The van der Waals surface area contributed by atoms with Gasteiger partial charge in [-0.25, -0.2) is 0 Å². The molecule has 0 aromatic heterocycles. The van der Waals surface area contributed by atoms with Gasteiger partial charge < -0.3 is 0 Å². The lowest BCUT2D eigenvalue weighted by molar-refractivity contribution is 1.41. The molecule has 1 nitrogen and oxygen atoms in total. The third-order valence-electron chi connectivity index (χ3n) is 2.10. The topological polar surface area (TPSA) is 12.4 Å². The molecule has 88 valence electrons. The van der Waals surface area contributed by atoms with E-state index < -0.39 is 0 Å². The first-order valence-corrected chi connectivity index (χ1v) is 5.80. The summed E-state index contributed by atoms with van der Waals surface area (Å²) in [5.74, 6) is 0. The Morgan fingerprint density at radius 3 is 2.53 bits per heavy atom. The maximum Gasteiger partial charge on any atom is 0.0701 e. The Morgan fingerprint density at radius 2 is 1.82 bits per heavy atom. The standard InChI is InChI=1S/C16H19N/c1-4-5-6-9-12-17-16-11-8-7-10-15(16)13-14(2)3/h4-13H,1-3H3/b5-4-,9-6-,17-12+. The molecule has 0 atom stereocenters. The molecular weight excluding hydrogens is 206 g/mol. The summed E-state index contributed by atoms with van der Waals surface area (Å²) in [4.78, 5) is 4.44. The Kier molecular flexibility index (Phi) is 5.73. The fourth-order valence-electron chi connectivity index (χ4n) is 1.39. The highest BCUT2D eigenvalue weighted by molar-refractivity contribution is 5.77. The molecule has 0 heterocycles. The zero-order valence-corrected chi connectivity index (χ0v) is 10.7. The van der Waals surface area contributed by atoms with E-state index in [1.165, 1.54) is 5.57 Å². The van der Waals surface area contributed by atoms with E-state index in [0.29, 0.717) is 0 Å². The summed E-state index contributed by atoms with van der Waals surface area (Å²) in [5.41, 5.74) is 3.43. The lowest BCUT2D eigenvalue weighted by Gasteiger charge is -2.00. The number of hydrogen-bond acceptors (Lipinski definition) is 1. The Hall–Kier alpha value is -1.89. The summed E-state index contributed by atoms with van der Waals surface area (Å²) in [5, 5.41) is 0. The smallest absolute Gasteiger partial charge is 0.0701 e. The molecule has 1 heteroatoms. The van der Waals surface area contributed by atoms with Crippen LogP contribution in [-0.4, -0.2) is 6.21 Å². The van der Waals surface area contributed by atoms with E-state index in [4.69, 9.17) is 0 Å². The van der Waals surface area contributed by atoms with Crippen molar-refractivity contribution >= 4 is 18.0 Å². The van der Waals surface area contributed by atoms with Crippen molar-refractivity contribution in [3.05, 3.63) is 59.7 Å². The fraction of sp³-hybridized carbons (Fsp3) is 0.188. The van der Waals surface area contributed by atoms with Crippen LogP contribution in [0.25, 0.3) is 6.08 Å². The maximum absolute atomic E-state index is 4.44. The second kappa shape index (κ2) is 7.39. The van der Waals surface area contributed by atoms with Crippen molar-refractivity contribution in [2.24, 2.45) is 4.99 Å². The van der Waals surface area contributed by atoms with Gasteiger partial charge in [-0.15, -0.1) is 0 Å². The predicted molar refractivity (Wildman–Crippen MR) is 77.9 cm³/mol. The molecule has 17 heavy (non-hydrogen) atoms. The van der Waals surface area contributed by atoms with Gasteiger partial charge in [-0.3, -0.25) is 4.99 Å². The quantitative estimate of drug-likeness (QED) is 0.508. The largest absolute Gasteiger partial charge is 0.256 e. The van der Waals surface area contributed by atoms with Crippen LogP contribution in [-0.2, 0) is 0 Å². The van der Waals surface area contributed by atoms with E-state index in [2.05, 4.69) is 31.0 Å². The van der Waals surface area contributed by atoms with Crippen LogP contribution in [0.1, 0.15) is 26.3 Å². The minimum Gasteiger partial charge on any atom is -0.256 e. The molecule has 1 rings (SSSR count). The number of rotatable bonds is 4. The van der Waals surface area contributed by atoms with Crippen molar-refractivity contribution in [3.8, 4) is 0 Å². The van der Waals surface area contributed by atoms with Gasteiger partial charge in [0.1, 0.15) is 0 Å². The first-order valence-electron chi connectivity index (χ1n) is 5.80. The van der Waals surface area contributed by atoms with Gasteiger partial charge in [-0.2, -0.15) is 0 Å². The molecule has 0 fully saturated rings. The van der Waals surface area contributed by atoms with Crippen molar-refractivity contribution < 1.29 is 0 Å². The Labute approximate surface area is 104 Å². The first kappa shape index (κ1) is 13.2. The van der Waals surface area contributed by atoms with E-state index in [9.17, 15) is 0 Å². The lowest BCUT2D eigenvalue weighted by atomic mass is 10.1. The molecule has 0 aliphatic carbocycles. The normalized spacial score (nSPS) is 11.7. The molecule has 1 aromatic carbocycles. The van der Waals surface area contributed by atoms with Crippen LogP contribution in [0.2, 0.25) is 0 Å². The van der Waals surface area contributed by atoms with Crippen molar-refractivity contribution in [1.82, 2.24) is 0 Å². The molecule has 0 spiro atoms. The average Bonchev–Trinajstić information content (AvgIpc) is 2.30. The number of hydrogen-bond donors (Lipinski definition) is 0. The number of nitrogens with zero attached hydrogens (tertiary/aromatic N) is 1. The zero-order chi connectivity index (χ0) is 12.5. The van der Waals surface area contributed by atoms with Crippen LogP contribution in [0.3, 0.4) is 0 Å². The van der Waals surface area contributed by atoms with Crippen LogP contribution in [0.4, 0.5) is 5.69 Å². The van der Waals surface area contributed by atoms with Crippen LogP contribution in [0.5, 0.6) is 0 Å². The number of para-hydroxylation sites is 1. The van der Waals surface area contributed by atoms with Gasteiger partial charge in [0.2, 0.25) is 0 Å². The molecule has 0 saturated carbocycles. The monoisotopic (exact) mass is 225 g/mol. The van der Waals surface area contributed by atoms with Crippen molar-refractivity contribution in [1.29, 1.82) is 0 Å². The van der Waals surface area contributed by atoms with Gasteiger partial charge in [-0.05, 0) is 32.9 Å². The molecule has 0 amide bonds. The van der Waals surface area contributed by atoms with Crippen molar-refractivity contribution in [2.45, 2.75) is 20.8 Å². The Balaban J connectivity index is 2.87. The average molecular weight is 225 g/mol. The fourth-order valence-corrected chi connectivity index (χ4v) is 1.39. The Bertz CT molecular complexity index is 458. The van der Waals surface area contributed by atoms with E-state index in [1.807, 2.05) is 55.6 Å². The molecule has 0 bridgehead atoms. The minimum absolute atomic E-state index is 0.999. The summed E-state index contributed by atoms with van der Waals surface area (Å²) in [6.07, 6.45) is 11.8. The molecule has 0 aliphatic heterocycles. The summed E-state index contributed by atoms with van der Waals surface area (Å²) < 4.78 is 0. The molecule has 0 radical (unpaired) electrons. The van der Waals surface area contributed by atoms with Gasteiger partial charge >= 0.3 is 0 Å². The molecule has 0 saturated heterocycles. The first-order chi connectivity index (χ1) is 8.24. The number of benzene rings is 1. The third kappa shape index (κ3) is 5.12. The van der Waals surface area contributed by atoms with Crippen LogP contribution < -0.4 is 0 Å². The van der Waals surface area contributed by atoms with Crippen molar-refractivity contribution in [2.75, 3.05) is 0 Å². The highest BCUT2D eigenvalue weighted by Crippen LogP contribution is 2.20. The second-order valence-corrected chi connectivity index (χ2v) is 3.97. The second-order valence-electron chi connectivity index (χ2n) is 3.97.